The third-order valence-electron chi connectivity index (χ3n) is 9.29. The summed E-state index contributed by atoms with van der Waals surface area (Å²) >= 11 is 0. The van der Waals surface area contributed by atoms with Gasteiger partial charge in [0.2, 0.25) is 5.91 Å². The molecule has 1 saturated heterocycles. The fourth-order valence-electron chi connectivity index (χ4n) is 7.45. The van der Waals surface area contributed by atoms with Crippen molar-refractivity contribution in [1.29, 1.82) is 0 Å². The number of carbonyl (C=O) groups is 1. The minimum Gasteiger partial charge on any atom is -0.381 e. The van der Waals surface area contributed by atoms with E-state index in [4.69, 9.17) is 4.74 Å². The number of halogens is 3. The Morgan fingerprint density at radius 1 is 1.24 bits per heavy atom. The van der Waals surface area contributed by atoms with Crippen molar-refractivity contribution < 1.29 is 22.7 Å². The Labute approximate surface area is 198 Å². The van der Waals surface area contributed by atoms with E-state index in [9.17, 15) is 18.0 Å². The molecule has 0 unspecified atom stereocenters. The van der Waals surface area contributed by atoms with Crippen molar-refractivity contribution in [1.82, 2.24) is 15.2 Å². The summed E-state index contributed by atoms with van der Waals surface area (Å²) in [5.41, 5.74) is 0.144. The molecule has 8 heteroatoms. The SMILES string of the molecule is O=C(N1CCc2ncc(C(F)(F)F)cc2C1)[C@@]12CCC[C@@H]1C[C@@H](N[C@H]1CCOC[C@@H]1C1CC1)C2. The van der Waals surface area contributed by atoms with Crippen LogP contribution in [-0.2, 0) is 28.7 Å². The molecule has 6 rings (SSSR count). The van der Waals surface area contributed by atoms with Gasteiger partial charge in [0.1, 0.15) is 0 Å². The van der Waals surface area contributed by atoms with Crippen LogP contribution in [0.1, 0.15) is 68.2 Å². The molecule has 186 valence electrons. The predicted molar refractivity (Wildman–Crippen MR) is 120 cm³/mol. The highest BCUT2D eigenvalue weighted by atomic mass is 19.4. The molecule has 3 heterocycles. The normalized spacial score (nSPS) is 35.8. The maximum Gasteiger partial charge on any atom is 0.417 e. The van der Waals surface area contributed by atoms with Gasteiger partial charge in [0.25, 0.3) is 0 Å². The van der Waals surface area contributed by atoms with Crippen molar-refractivity contribution in [3.8, 4) is 0 Å². The summed E-state index contributed by atoms with van der Waals surface area (Å²) in [6.07, 6.45) is 5.61. The smallest absolute Gasteiger partial charge is 0.381 e. The number of fused-ring (bicyclic) bond motifs is 2. The number of ether oxygens (including phenoxy) is 1. The van der Waals surface area contributed by atoms with E-state index in [2.05, 4.69) is 10.3 Å². The Balaban J connectivity index is 1.17. The van der Waals surface area contributed by atoms with E-state index in [0.717, 1.165) is 63.9 Å². The van der Waals surface area contributed by atoms with Crippen LogP contribution in [0.25, 0.3) is 0 Å². The van der Waals surface area contributed by atoms with Gasteiger partial charge < -0.3 is 15.0 Å². The third-order valence-corrected chi connectivity index (χ3v) is 9.29. The molecule has 5 aliphatic rings. The summed E-state index contributed by atoms with van der Waals surface area (Å²) in [5, 5.41) is 3.95. The maximum atomic E-state index is 14.0. The first kappa shape index (κ1) is 22.8. The monoisotopic (exact) mass is 477 g/mol. The maximum absolute atomic E-state index is 14.0. The van der Waals surface area contributed by atoms with Crippen molar-refractivity contribution in [2.24, 2.45) is 23.2 Å². The molecule has 5 atom stereocenters. The minimum atomic E-state index is -4.42. The highest BCUT2D eigenvalue weighted by Crippen LogP contribution is 2.56. The molecule has 34 heavy (non-hydrogen) atoms. The van der Waals surface area contributed by atoms with E-state index in [1.807, 2.05) is 4.90 Å². The number of pyridine rings is 1. The molecule has 1 aromatic heterocycles. The number of aromatic nitrogens is 1. The van der Waals surface area contributed by atoms with Gasteiger partial charge in [-0.2, -0.15) is 13.2 Å². The quantitative estimate of drug-likeness (QED) is 0.701. The molecule has 0 bridgehead atoms. The Kier molecular flexibility index (Phi) is 5.67. The highest BCUT2D eigenvalue weighted by Gasteiger charge is 2.56. The Morgan fingerprint density at radius 3 is 2.88 bits per heavy atom. The van der Waals surface area contributed by atoms with Crippen LogP contribution >= 0.6 is 0 Å². The predicted octanol–water partition coefficient (Wildman–Crippen LogP) is 4.34. The Morgan fingerprint density at radius 2 is 2.09 bits per heavy atom. The molecule has 3 aliphatic carbocycles. The van der Waals surface area contributed by atoms with Crippen LogP contribution in [0.2, 0.25) is 0 Å². The first-order chi connectivity index (χ1) is 16.3. The molecule has 1 N–H and O–H groups in total. The lowest BCUT2D eigenvalue weighted by molar-refractivity contribution is -0.144. The fourth-order valence-corrected chi connectivity index (χ4v) is 7.45. The van der Waals surface area contributed by atoms with Crippen molar-refractivity contribution in [2.75, 3.05) is 19.8 Å². The zero-order chi connectivity index (χ0) is 23.5. The lowest BCUT2D eigenvalue weighted by atomic mass is 9.78. The molecular formula is C26H34F3N3O2. The van der Waals surface area contributed by atoms with E-state index < -0.39 is 11.7 Å². The van der Waals surface area contributed by atoms with E-state index >= 15 is 0 Å². The fraction of sp³-hybridized carbons (Fsp3) is 0.769. The van der Waals surface area contributed by atoms with Crippen LogP contribution in [0.3, 0.4) is 0 Å². The second-order valence-electron chi connectivity index (χ2n) is 11.3. The molecule has 0 aromatic carbocycles. The number of nitrogens with one attached hydrogen (secondary N) is 1. The van der Waals surface area contributed by atoms with Gasteiger partial charge in [-0.25, -0.2) is 0 Å². The lowest BCUT2D eigenvalue weighted by Gasteiger charge is -2.38. The zero-order valence-electron chi connectivity index (χ0n) is 19.6. The summed E-state index contributed by atoms with van der Waals surface area (Å²) in [7, 11) is 0. The molecule has 3 saturated carbocycles. The van der Waals surface area contributed by atoms with E-state index in [0.29, 0.717) is 48.1 Å². The van der Waals surface area contributed by atoms with E-state index in [1.54, 1.807) is 0 Å². The second kappa shape index (κ2) is 8.47. The van der Waals surface area contributed by atoms with Gasteiger partial charge in [0.05, 0.1) is 17.6 Å². The van der Waals surface area contributed by atoms with Crippen LogP contribution < -0.4 is 5.32 Å². The molecule has 2 aliphatic heterocycles. The van der Waals surface area contributed by atoms with Gasteiger partial charge in [-0.1, -0.05) is 6.42 Å². The van der Waals surface area contributed by atoms with Gasteiger partial charge in [0, 0.05) is 56.0 Å². The standard InChI is InChI=1S/C26H34F3N3O2/c27-26(28,29)19-10-17-14-32(8-5-22(17)30-13-19)24(33)25-7-1-2-18(25)11-20(12-25)31-23-6-9-34-15-21(23)16-3-4-16/h10,13,16,18,20-21,23,31H,1-9,11-12,14-15H2/t18-,20-,21-,23+,25-/m1/s1. The summed E-state index contributed by atoms with van der Waals surface area (Å²) in [6.45, 7) is 2.44. The minimum absolute atomic E-state index is 0.160. The van der Waals surface area contributed by atoms with Gasteiger partial charge in [-0.05, 0) is 68.4 Å². The largest absolute Gasteiger partial charge is 0.417 e. The van der Waals surface area contributed by atoms with Gasteiger partial charge >= 0.3 is 6.18 Å². The molecule has 1 aromatic rings. The number of alkyl halides is 3. The molecule has 5 nitrogen and oxygen atoms in total. The first-order valence-corrected chi connectivity index (χ1v) is 13.0. The molecule has 0 radical (unpaired) electrons. The van der Waals surface area contributed by atoms with Crippen LogP contribution in [0.5, 0.6) is 0 Å². The Bertz CT molecular complexity index is 950. The van der Waals surface area contributed by atoms with Crippen molar-refractivity contribution in [3.05, 3.63) is 29.1 Å². The summed E-state index contributed by atoms with van der Waals surface area (Å²) in [6, 6.07) is 2.01. The molecule has 1 amide bonds. The second-order valence-corrected chi connectivity index (χ2v) is 11.3. The number of amides is 1. The Hall–Kier alpha value is -1.67. The average Bonchev–Trinajstić information content (AvgIpc) is 3.50. The van der Waals surface area contributed by atoms with Gasteiger partial charge in [-0.3, -0.25) is 9.78 Å². The highest BCUT2D eigenvalue weighted by molar-refractivity contribution is 5.84. The summed E-state index contributed by atoms with van der Waals surface area (Å²) < 4.78 is 45.4. The average molecular weight is 478 g/mol. The van der Waals surface area contributed by atoms with E-state index in [1.165, 1.54) is 18.9 Å². The molecule has 4 fully saturated rings. The van der Waals surface area contributed by atoms with Crippen molar-refractivity contribution >= 4 is 5.91 Å². The zero-order valence-corrected chi connectivity index (χ0v) is 19.6. The van der Waals surface area contributed by atoms with Gasteiger partial charge in [0.15, 0.2) is 0 Å². The summed E-state index contributed by atoms with van der Waals surface area (Å²) in [5.74, 6) is 1.92. The van der Waals surface area contributed by atoms with Crippen molar-refractivity contribution in [3.63, 3.8) is 0 Å². The number of hydrogen-bond donors (Lipinski definition) is 1. The van der Waals surface area contributed by atoms with E-state index in [-0.39, 0.29) is 17.9 Å². The van der Waals surface area contributed by atoms with Crippen LogP contribution in [0.15, 0.2) is 12.3 Å². The third kappa shape index (κ3) is 4.04. The number of carbonyl (C=O) groups excluding carboxylic acids is 1. The number of hydrogen-bond acceptors (Lipinski definition) is 4. The van der Waals surface area contributed by atoms with Crippen molar-refractivity contribution in [2.45, 2.75) is 82.6 Å². The molecular weight excluding hydrogens is 443 g/mol. The first-order valence-electron chi connectivity index (χ1n) is 13.0. The molecule has 0 spiro atoms. The van der Waals surface area contributed by atoms with Crippen LogP contribution in [0, 0.1) is 23.2 Å². The van der Waals surface area contributed by atoms with Crippen LogP contribution in [-0.4, -0.2) is 47.6 Å². The topological polar surface area (TPSA) is 54.5 Å². The van der Waals surface area contributed by atoms with Crippen LogP contribution in [0.4, 0.5) is 13.2 Å². The van der Waals surface area contributed by atoms with Gasteiger partial charge in [-0.15, -0.1) is 0 Å². The number of rotatable bonds is 4. The summed E-state index contributed by atoms with van der Waals surface area (Å²) in [4.78, 5) is 19.8. The number of nitrogens with zero attached hydrogens (tertiary/aromatic N) is 2. The lowest BCUT2D eigenvalue weighted by Crippen LogP contribution is -2.49.